The molecule has 0 spiro atoms. The van der Waals surface area contributed by atoms with E-state index in [9.17, 15) is 4.79 Å². The zero-order valence-corrected chi connectivity index (χ0v) is 14.2. The van der Waals surface area contributed by atoms with Crippen molar-refractivity contribution < 1.29 is 4.79 Å². The van der Waals surface area contributed by atoms with E-state index in [1.165, 1.54) is 36.8 Å². The minimum absolute atomic E-state index is 0.199. The highest BCUT2D eigenvalue weighted by molar-refractivity contribution is 5.94. The highest BCUT2D eigenvalue weighted by atomic mass is 16.2. The summed E-state index contributed by atoms with van der Waals surface area (Å²) in [5, 5.41) is 0. The number of benzene rings is 1. The van der Waals surface area contributed by atoms with Crippen LogP contribution in [0.5, 0.6) is 0 Å². The molecule has 0 radical (unpaired) electrons. The lowest BCUT2D eigenvalue weighted by Crippen LogP contribution is -2.33. The van der Waals surface area contributed by atoms with Gasteiger partial charge in [-0.2, -0.15) is 0 Å². The molecule has 1 rings (SSSR count). The van der Waals surface area contributed by atoms with E-state index < -0.39 is 0 Å². The summed E-state index contributed by atoms with van der Waals surface area (Å²) in [6.45, 7) is 10.3. The third-order valence-electron chi connectivity index (χ3n) is 4.10. The van der Waals surface area contributed by atoms with E-state index in [4.69, 9.17) is 0 Å². The molecule has 0 saturated heterocycles. The summed E-state index contributed by atoms with van der Waals surface area (Å²) in [6.07, 6.45) is 7.01. The molecule has 0 unspecified atom stereocenters. The van der Waals surface area contributed by atoms with Gasteiger partial charge in [0, 0.05) is 18.7 Å². The summed E-state index contributed by atoms with van der Waals surface area (Å²) in [4.78, 5) is 14.8. The smallest absolute Gasteiger partial charge is 0.253 e. The average molecular weight is 289 g/mol. The van der Waals surface area contributed by atoms with Crippen molar-refractivity contribution in [2.75, 3.05) is 13.1 Å². The number of aryl methyl sites for hydroxylation is 2. The summed E-state index contributed by atoms with van der Waals surface area (Å²) in [6, 6.07) is 6.06. The van der Waals surface area contributed by atoms with Gasteiger partial charge >= 0.3 is 0 Å². The van der Waals surface area contributed by atoms with Crippen molar-refractivity contribution in [1.29, 1.82) is 0 Å². The van der Waals surface area contributed by atoms with Crippen molar-refractivity contribution in [3.8, 4) is 0 Å². The van der Waals surface area contributed by atoms with Crippen molar-refractivity contribution in [3.05, 3.63) is 34.9 Å². The largest absolute Gasteiger partial charge is 0.339 e. The van der Waals surface area contributed by atoms with Crippen LogP contribution in [-0.2, 0) is 0 Å². The second kappa shape index (κ2) is 9.59. The Hall–Kier alpha value is -1.31. The Morgan fingerprint density at radius 1 is 0.905 bits per heavy atom. The van der Waals surface area contributed by atoms with Gasteiger partial charge in [-0.1, -0.05) is 45.6 Å². The molecule has 0 aliphatic carbocycles. The van der Waals surface area contributed by atoms with Crippen LogP contribution >= 0.6 is 0 Å². The van der Waals surface area contributed by atoms with E-state index in [2.05, 4.69) is 38.7 Å². The summed E-state index contributed by atoms with van der Waals surface area (Å²) in [5.41, 5.74) is 3.28. The summed E-state index contributed by atoms with van der Waals surface area (Å²) in [5.74, 6) is 0.199. The maximum absolute atomic E-state index is 12.7. The molecule has 0 aromatic heterocycles. The van der Waals surface area contributed by atoms with Crippen LogP contribution in [0.3, 0.4) is 0 Å². The second-order valence-corrected chi connectivity index (χ2v) is 6.01. The van der Waals surface area contributed by atoms with E-state index in [-0.39, 0.29) is 5.91 Å². The molecule has 0 atom stereocenters. The number of carbonyl (C=O) groups is 1. The van der Waals surface area contributed by atoms with Crippen molar-refractivity contribution in [2.24, 2.45) is 0 Å². The van der Waals surface area contributed by atoms with Gasteiger partial charge in [0.1, 0.15) is 0 Å². The molecule has 1 aromatic rings. The Morgan fingerprint density at radius 2 is 1.48 bits per heavy atom. The highest BCUT2D eigenvalue weighted by Crippen LogP contribution is 2.14. The van der Waals surface area contributed by atoms with E-state index in [0.717, 1.165) is 31.5 Å². The van der Waals surface area contributed by atoms with Gasteiger partial charge in [0.2, 0.25) is 0 Å². The first-order chi connectivity index (χ1) is 10.1. The molecule has 1 amide bonds. The summed E-state index contributed by atoms with van der Waals surface area (Å²) in [7, 11) is 0. The van der Waals surface area contributed by atoms with Crippen molar-refractivity contribution in [2.45, 2.75) is 66.2 Å². The molecule has 2 heteroatoms. The Labute approximate surface area is 130 Å². The third kappa shape index (κ3) is 5.91. The highest BCUT2D eigenvalue weighted by Gasteiger charge is 2.15. The fourth-order valence-electron chi connectivity index (χ4n) is 2.48. The number of hydrogen-bond donors (Lipinski definition) is 0. The quantitative estimate of drug-likeness (QED) is 0.577. The zero-order chi connectivity index (χ0) is 15.7. The lowest BCUT2D eigenvalue weighted by molar-refractivity contribution is 0.0749. The third-order valence-corrected chi connectivity index (χ3v) is 4.10. The normalized spacial score (nSPS) is 10.7. The van der Waals surface area contributed by atoms with Gasteiger partial charge in [-0.05, 0) is 49.9 Å². The molecule has 0 fully saturated rings. The number of carbonyl (C=O) groups excluding carboxylic acids is 1. The fraction of sp³-hybridized carbons (Fsp3) is 0.632. The van der Waals surface area contributed by atoms with Gasteiger partial charge in [0.25, 0.3) is 5.91 Å². The molecule has 118 valence electrons. The second-order valence-electron chi connectivity index (χ2n) is 6.01. The molecular weight excluding hydrogens is 258 g/mol. The average Bonchev–Trinajstić information content (AvgIpc) is 2.48. The van der Waals surface area contributed by atoms with Crippen LogP contribution in [0.4, 0.5) is 0 Å². The molecule has 0 heterocycles. The summed E-state index contributed by atoms with van der Waals surface area (Å²) >= 11 is 0. The standard InChI is InChI=1S/C19H31NO/c1-5-7-9-13-20(14-10-8-6-2)19(21)18-12-11-16(3)17(4)15-18/h11-12,15H,5-10,13-14H2,1-4H3. The van der Waals surface area contributed by atoms with Gasteiger partial charge in [-0.15, -0.1) is 0 Å². The van der Waals surface area contributed by atoms with E-state index in [1.807, 2.05) is 12.1 Å². The van der Waals surface area contributed by atoms with Crippen LogP contribution in [0.25, 0.3) is 0 Å². The number of nitrogens with zero attached hydrogens (tertiary/aromatic N) is 1. The Bertz CT molecular complexity index is 429. The van der Waals surface area contributed by atoms with Crippen molar-refractivity contribution >= 4 is 5.91 Å². The fourth-order valence-corrected chi connectivity index (χ4v) is 2.48. The van der Waals surface area contributed by atoms with Crippen LogP contribution in [0.2, 0.25) is 0 Å². The van der Waals surface area contributed by atoms with E-state index in [0.29, 0.717) is 0 Å². The molecule has 0 aliphatic heterocycles. The number of unbranched alkanes of at least 4 members (excludes halogenated alkanes) is 4. The lowest BCUT2D eigenvalue weighted by atomic mass is 10.1. The molecule has 0 N–H and O–H groups in total. The number of hydrogen-bond acceptors (Lipinski definition) is 1. The summed E-state index contributed by atoms with van der Waals surface area (Å²) < 4.78 is 0. The molecule has 2 nitrogen and oxygen atoms in total. The zero-order valence-electron chi connectivity index (χ0n) is 14.2. The molecule has 0 saturated carbocycles. The van der Waals surface area contributed by atoms with Crippen LogP contribution in [0.15, 0.2) is 18.2 Å². The number of rotatable bonds is 9. The van der Waals surface area contributed by atoms with Gasteiger partial charge in [0.05, 0.1) is 0 Å². The Balaban J connectivity index is 2.73. The van der Waals surface area contributed by atoms with Gasteiger partial charge in [0.15, 0.2) is 0 Å². The maximum Gasteiger partial charge on any atom is 0.253 e. The predicted molar refractivity (Wildman–Crippen MR) is 90.9 cm³/mol. The lowest BCUT2D eigenvalue weighted by Gasteiger charge is -2.23. The van der Waals surface area contributed by atoms with Crippen molar-refractivity contribution in [1.82, 2.24) is 4.90 Å². The van der Waals surface area contributed by atoms with Gasteiger partial charge in [-0.3, -0.25) is 4.79 Å². The molecule has 21 heavy (non-hydrogen) atoms. The Kier molecular flexibility index (Phi) is 8.11. The molecule has 0 aliphatic rings. The predicted octanol–water partition coefficient (Wildman–Crippen LogP) is 5.13. The Morgan fingerprint density at radius 3 is 1.95 bits per heavy atom. The first-order valence-corrected chi connectivity index (χ1v) is 8.46. The molecule has 1 aromatic carbocycles. The van der Waals surface area contributed by atoms with Gasteiger partial charge < -0.3 is 4.90 Å². The van der Waals surface area contributed by atoms with Crippen LogP contribution < -0.4 is 0 Å². The minimum Gasteiger partial charge on any atom is -0.339 e. The molecule has 0 bridgehead atoms. The SMILES string of the molecule is CCCCCN(CCCCC)C(=O)c1ccc(C)c(C)c1. The topological polar surface area (TPSA) is 20.3 Å². The van der Waals surface area contributed by atoms with Gasteiger partial charge in [-0.25, -0.2) is 0 Å². The number of amides is 1. The van der Waals surface area contributed by atoms with Crippen LogP contribution in [0, 0.1) is 13.8 Å². The minimum atomic E-state index is 0.199. The first-order valence-electron chi connectivity index (χ1n) is 8.46. The van der Waals surface area contributed by atoms with Crippen LogP contribution in [0.1, 0.15) is 73.9 Å². The molecular formula is C19H31NO. The monoisotopic (exact) mass is 289 g/mol. The van der Waals surface area contributed by atoms with E-state index >= 15 is 0 Å². The first kappa shape index (κ1) is 17.7. The maximum atomic E-state index is 12.7. The van der Waals surface area contributed by atoms with Crippen molar-refractivity contribution in [3.63, 3.8) is 0 Å². The van der Waals surface area contributed by atoms with Crippen LogP contribution in [-0.4, -0.2) is 23.9 Å². The van der Waals surface area contributed by atoms with E-state index in [1.54, 1.807) is 0 Å².